The molecule has 0 atom stereocenters. The summed E-state index contributed by atoms with van der Waals surface area (Å²) < 4.78 is 0. The molecule has 3 nitrogen and oxygen atoms in total. The Kier molecular flexibility index (Phi) is 4.63. The van der Waals surface area contributed by atoms with Crippen LogP contribution in [-0.4, -0.2) is 16.9 Å². The summed E-state index contributed by atoms with van der Waals surface area (Å²) in [6.07, 6.45) is 6.70. The number of ketones is 1. The van der Waals surface area contributed by atoms with Crippen molar-refractivity contribution in [2.45, 2.75) is 51.4 Å². The van der Waals surface area contributed by atoms with Crippen LogP contribution < -0.4 is 0 Å². The lowest BCUT2D eigenvalue weighted by molar-refractivity contribution is -0.137. The number of aliphatic carboxylic acids is 1. The maximum atomic E-state index is 11.6. The highest BCUT2D eigenvalue weighted by atomic mass is 16.4. The molecule has 0 aliphatic heterocycles. The lowest BCUT2D eigenvalue weighted by atomic mass is 9.85. The molecule has 0 heterocycles. The molecule has 0 spiro atoms. The first-order valence-corrected chi connectivity index (χ1v) is 5.44. The standard InChI is InChI=1S/C11H18O3/c12-10(7-4-8-11(13)14)9-5-2-1-3-6-9/h9H,1-8H2,(H,13,14). The van der Waals surface area contributed by atoms with E-state index in [4.69, 9.17) is 5.11 Å². The van der Waals surface area contributed by atoms with E-state index in [-0.39, 0.29) is 18.1 Å². The molecular formula is C11H18O3. The SMILES string of the molecule is O=C(O)CCCC(=O)C1CCCCC1. The Morgan fingerprint density at radius 1 is 1.07 bits per heavy atom. The van der Waals surface area contributed by atoms with Crippen molar-refractivity contribution < 1.29 is 14.7 Å². The number of rotatable bonds is 5. The molecule has 0 aromatic carbocycles. The molecule has 1 aliphatic rings. The lowest BCUT2D eigenvalue weighted by Gasteiger charge is -2.19. The summed E-state index contributed by atoms with van der Waals surface area (Å²) in [6.45, 7) is 0. The number of hydrogen-bond donors (Lipinski definition) is 1. The Balaban J connectivity index is 2.16. The van der Waals surface area contributed by atoms with Crippen molar-refractivity contribution in [1.82, 2.24) is 0 Å². The Morgan fingerprint density at radius 3 is 2.29 bits per heavy atom. The maximum absolute atomic E-state index is 11.6. The molecule has 1 rings (SSSR count). The molecule has 0 radical (unpaired) electrons. The van der Waals surface area contributed by atoms with E-state index >= 15 is 0 Å². The van der Waals surface area contributed by atoms with Crippen molar-refractivity contribution in [3.05, 3.63) is 0 Å². The Bertz CT molecular complexity index is 205. The third kappa shape index (κ3) is 3.90. The number of hydrogen-bond acceptors (Lipinski definition) is 2. The van der Waals surface area contributed by atoms with E-state index in [2.05, 4.69) is 0 Å². The van der Waals surface area contributed by atoms with Crippen LogP contribution in [0.2, 0.25) is 0 Å². The normalized spacial score (nSPS) is 18.0. The predicted molar refractivity (Wildman–Crippen MR) is 53.1 cm³/mol. The summed E-state index contributed by atoms with van der Waals surface area (Å²) in [7, 11) is 0. The minimum absolute atomic E-state index is 0.123. The smallest absolute Gasteiger partial charge is 0.303 e. The molecular weight excluding hydrogens is 180 g/mol. The molecule has 0 aromatic heterocycles. The summed E-state index contributed by atoms with van der Waals surface area (Å²) >= 11 is 0. The van der Waals surface area contributed by atoms with Gasteiger partial charge in [-0.3, -0.25) is 9.59 Å². The monoisotopic (exact) mass is 198 g/mol. The van der Waals surface area contributed by atoms with E-state index in [0.29, 0.717) is 12.8 Å². The highest BCUT2D eigenvalue weighted by Gasteiger charge is 2.20. The van der Waals surface area contributed by atoms with Crippen LogP contribution in [0, 0.1) is 5.92 Å². The number of carboxylic acid groups (broad SMARTS) is 1. The number of carbonyl (C=O) groups is 2. The van der Waals surface area contributed by atoms with Crippen molar-refractivity contribution in [2.24, 2.45) is 5.92 Å². The summed E-state index contributed by atoms with van der Waals surface area (Å²) in [6, 6.07) is 0. The van der Waals surface area contributed by atoms with Gasteiger partial charge in [-0.2, -0.15) is 0 Å². The van der Waals surface area contributed by atoms with Gasteiger partial charge in [-0.15, -0.1) is 0 Å². The maximum Gasteiger partial charge on any atom is 0.303 e. The van der Waals surface area contributed by atoms with Crippen LogP contribution >= 0.6 is 0 Å². The first kappa shape index (κ1) is 11.2. The summed E-state index contributed by atoms with van der Waals surface area (Å²) in [5, 5.41) is 8.43. The molecule has 80 valence electrons. The molecule has 3 heteroatoms. The van der Waals surface area contributed by atoms with Crippen LogP contribution in [0.5, 0.6) is 0 Å². The van der Waals surface area contributed by atoms with Gasteiger partial charge in [-0.25, -0.2) is 0 Å². The van der Waals surface area contributed by atoms with E-state index in [1.807, 2.05) is 0 Å². The van der Waals surface area contributed by atoms with Crippen LogP contribution in [-0.2, 0) is 9.59 Å². The number of carboxylic acids is 1. The van der Waals surface area contributed by atoms with Crippen molar-refractivity contribution >= 4 is 11.8 Å². The third-order valence-electron chi connectivity index (χ3n) is 2.87. The van der Waals surface area contributed by atoms with Crippen LogP contribution in [0.3, 0.4) is 0 Å². The molecule has 0 saturated heterocycles. The largest absolute Gasteiger partial charge is 0.481 e. The second kappa shape index (κ2) is 5.78. The van der Waals surface area contributed by atoms with E-state index in [0.717, 1.165) is 25.7 Å². The van der Waals surface area contributed by atoms with Crippen molar-refractivity contribution in [3.63, 3.8) is 0 Å². The Morgan fingerprint density at radius 2 is 1.71 bits per heavy atom. The van der Waals surface area contributed by atoms with E-state index in [1.54, 1.807) is 0 Å². The van der Waals surface area contributed by atoms with Crippen molar-refractivity contribution in [3.8, 4) is 0 Å². The second-order valence-electron chi connectivity index (χ2n) is 4.05. The fourth-order valence-corrected chi connectivity index (χ4v) is 2.04. The van der Waals surface area contributed by atoms with Crippen LogP contribution in [0.15, 0.2) is 0 Å². The fraction of sp³-hybridized carbons (Fsp3) is 0.818. The molecule has 0 aromatic rings. The molecule has 1 aliphatic carbocycles. The summed E-state index contributed by atoms with van der Waals surface area (Å²) in [5.41, 5.74) is 0. The van der Waals surface area contributed by atoms with Crippen LogP contribution in [0.4, 0.5) is 0 Å². The van der Waals surface area contributed by atoms with Gasteiger partial charge < -0.3 is 5.11 Å². The first-order valence-electron chi connectivity index (χ1n) is 5.44. The topological polar surface area (TPSA) is 54.4 Å². The summed E-state index contributed by atoms with van der Waals surface area (Å²) in [4.78, 5) is 21.8. The first-order chi connectivity index (χ1) is 6.70. The minimum Gasteiger partial charge on any atom is -0.481 e. The van der Waals surface area contributed by atoms with Gasteiger partial charge in [-0.05, 0) is 19.3 Å². The zero-order valence-corrected chi connectivity index (χ0v) is 8.50. The predicted octanol–water partition coefficient (Wildman–Crippen LogP) is 2.39. The molecule has 0 amide bonds. The third-order valence-corrected chi connectivity index (χ3v) is 2.87. The number of Topliss-reactive ketones (excluding diaryl/α,β-unsaturated/α-hetero) is 1. The zero-order valence-electron chi connectivity index (χ0n) is 8.50. The van der Waals surface area contributed by atoms with Gasteiger partial charge in [0.15, 0.2) is 0 Å². The Labute approximate surface area is 84.5 Å². The summed E-state index contributed by atoms with van der Waals surface area (Å²) in [5.74, 6) is -0.287. The van der Waals surface area contributed by atoms with Gasteiger partial charge >= 0.3 is 5.97 Å². The molecule has 1 saturated carbocycles. The highest BCUT2D eigenvalue weighted by Crippen LogP contribution is 2.25. The second-order valence-corrected chi connectivity index (χ2v) is 4.05. The van der Waals surface area contributed by atoms with Gasteiger partial charge in [-0.1, -0.05) is 19.3 Å². The average molecular weight is 198 g/mol. The van der Waals surface area contributed by atoms with E-state index in [1.165, 1.54) is 6.42 Å². The van der Waals surface area contributed by atoms with Gasteiger partial charge in [0.2, 0.25) is 0 Å². The molecule has 1 fully saturated rings. The van der Waals surface area contributed by atoms with Gasteiger partial charge in [0.25, 0.3) is 0 Å². The average Bonchev–Trinajstić information content (AvgIpc) is 2.18. The van der Waals surface area contributed by atoms with E-state index in [9.17, 15) is 9.59 Å². The van der Waals surface area contributed by atoms with Crippen molar-refractivity contribution in [2.75, 3.05) is 0 Å². The van der Waals surface area contributed by atoms with E-state index < -0.39 is 5.97 Å². The van der Waals surface area contributed by atoms with Gasteiger partial charge in [0.05, 0.1) is 0 Å². The highest BCUT2D eigenvalue weighted by molar-refractivity contribution is 5.81. The molecule has 14 heavy (non-hydrogen) atoms. The van der Waals surface area contributed by atoms with Crippen LogP contribution in [0.25, 0.3) is 0 Å². The molecule has 1 N–H and O–H groups in total. The van der Waals surface area contributed by atoms with Crippen LogP contribution in [0.1, 0.15) is 51.4 Å². The lowest BCUT2D eigenvalue weighted by Crippen LogP contribution is -2.17. The Hall–Kier alpha value is -0.860. The van der Waals surface area contributed by atoms with Gasteiger partial charge in [0.1, 0.15) is 5.78 Å². The van der Waals surface area contributed by atoms with Gasteiger partial charge in [0, 0.05) is 18.8 Å². The fourth-order valence-electron chi connectivity index (χ4n) is 2.04. The number of carbonyl (C=O) groups excluding carboxylic acids is 1. The quantitative estimate of drug-likeness (QED) is 0.738. The minimum atomic E-state index is -0.804. The molecule has 0 bridgehead atoms. The molecule has 0 unspecified atom stereocenters. The zero-order chi connectivity index (χ0) is 10.4. The van der Waals surface area contributed by atoms with Crippen molar-refractivity contribution in [1.29, 1.82) is 0 Å².